The Balaban J connectivity index is 1.44. The zero-order chi connectivity index (χ0) is 19.8. The Morgan fingerprint density at radius 3 is 2.79 bits per heavy atom. The highest BCUT2D eigenvalue weighted by molar-refractivity contribution is 7.08. The first-order valence-corrected chi connectivity index (χ1v) is 9.64. The fourth-order valence-electron chi connectivity index (χ4n) is 3.04. The molecule has 29 heavy (non-hydrogen) atoms. The van der Waals surface area contributed by atoms with E-state index in [0.29, 0.717) is 22.2 Å². The van der Waals surface area contributed by atoms with Crippen LogP contribution in [0.4, 0.5) is 0 Å². The molecule has 0 radical (unpaired) electrons. The van der Waals surface area contributed by atoms with Crippen molar-refractivity contribution in [2.24, 2.45) is 0 Å². The van der Waals surface area contributed by atoms with Gasteiger partial charge in [-0.2, -0.15) is 26.0 Å². The number of benzene rings is 1. The molecule has 5 aromatic rings. The Morgan fingerprint density at radius 2 is 1.97 bits per heavy atom. The van der Waals surface area contributed by atoms with E-state index in [1.54, 1.807) is 40.1 Å². The predicted octanol–water partition coefficient (Wildman–Crippen LogP) is 2.02. The second-order valence-corrected chi connectivity index (χ2v) is 7.03. The predicted molar refractivity (Wildman–Crippen MR) is 108 cm³/mol. The van der Waals surface area contributed by atoms with Gasteiger partial charge in [-0.05, 0) is 29.6 Å². The summed E-state index contributed by atoms with van der Waals surface area (Å²) in [5.41, 5.74) is 2.18. The molecule has 0 aliphatic heterocycles. The van der Waals surface area contributed by atoms with E-state index in [-0.39, 0.29) is 17.8 Å². The molecule has 0 saturated heterocycles. The first-order valence-electron chi connectivity index (χ1n) is 8.70. The van der Waals surface area contributed by atoms with Crippen molar-refractivity contribution in [2.75, 3.05) is 0 Å². The van der Waals surface area contributed by atoms with Crippen LogP contribution >= 0.6 is 11.3 Å². The average Bonchev–Trinajstić information content (AvgIpc) is 3.42. The third-order valence-electron chi connectivity index (χ3n) is 4.46. The fraction of sp³-hybridized carbons (Fsp3) is 0.0526. The molecular weight excluding hydrogens is 390 g/mol. The normalized spacial score (nSPS) is 11.2. The number of carbonyl (C=O) groups excluding carboxylic acids is 1. The number of hydrogen-bond acceptors (Lipinski definition) is 7. The maximum absolute atomic E-state index is 12.7. The Hall–Kier alpha value is -3.92. The van der Waals surface area contributed by atoms with Crippen molar-refractivity contribution in [3.8, 4) is 11.3 Å². The van der Waals surface area contributed by atoms with Gasteiger partial charge in [0.1, 0.15) is 0 Å². The van der Waals surface area contributed by atoms with Crippen molar-refractivity contribution < 1.29 is 4.79 Å². The van der Waals surface area contributed by atoms with E-state index < -0.39 is 5.91 Å². The lowest BCUT2D eigenvalue weighted by Crippen LogP contribution is -2.27. The molecule has 0 bridgehead atoms. The molecule has 142 valence electrons. The van der Waals surface area contributed by atoms with Crippen LogP contribution in [0.1, 0.15) is 16.3 Å². The van der Waals surface area contributed by atoms with Crippen LogP contribution in [0.5, 0.6) is 0 Å². The van der Waals surface area contributed by atoms with E-state index in [9.17, 15) is 9.59 Å². The van der Waals surface area contributed by atoms with E-state index >= 15 is 0 Å². The number of hydrogen-bond donors (Lipinski definition) is 2. The number of thiophene rings is 1. The molecule has 1 aromatic carbocycles. The van der Waals surface area contributed by atoms with Gasteiger partial charge in [0.25, 0.3) is 11.5 Å². The fourth-order valence-corrected chi connectivity index (χ4v) is 3.69. The van der Waals surface area contributed by atoms with Crippen LogP contribution in [-0.4, -0.2) is 35.9 Å². The van der Waals surface area contributed by atoms with Crippen molar-refractivity contribution in [3.63, 3.8) is 0 Å². The lowest BCUT2D eigenvalue weighted by Gasteiger charge is -2.06. The standard InChI is InChI=1S/C19H13N7O2S/c27-18-13-4-2-1-3-12(13)17(23-24-18)19(28)20-9-16-22-21-15-6-5-14(25-26(15)16)11-7-8-29-10-11/h1-8,10H,9H2,(H,20,28)(H,24,27). The number of aromatic nitrogens is 6. The number of aromatic amines is 1. The zero-order valence-electron chi connectivity index (χ0n) is 14.9. The third kappa shape index (κ3) is 3.05. The molecule has 0 fully saturated rings. The molecule has 1 amide bonds. The summed E-state index contributed by atoms with van der Waals surface area (Å²) in [6.07, 6.45) is 0. The topological polar surface area (TPSA) is 118 Å². The van der Waals surface area contributed by atoms with E-state index in [0.717, 1.165) is 11.3 Å². The Labute approximate surface area is 167 Å². The minimum absolute atomic E-state index is 0.106. The van der Waals surface area contributed by atoms with Crippen LogP contribution in [0.15, 0.2) is 58.0 Å². The average molecular weight is 403 g/mol. The monoisotopic (exact) mass is 403 g/mol. The molecule has 4 aromatic heterocycles. The zero-order valence-corrected chi connectivity index (χ0v) is 15.7. The molecule has 0 atom stereocenters. The number of H-pyrrole nitrogens is 1. The lowest BCUT2D eigenvalue weighted by atomic mass is 10.1. The molecule has 4 heterocycles. The summed E-state index contributed by atoms with van der Waals surface area (Å²) in [6.45, 7) is 0.106. The van der Waals surface area contributed by atoms with Gasteiger partial charge in [0.15, 0.2) is 17.2 Å². The van der Waals surface area contributed by atoms with Crippen LogP contribution in [0.25, 0.3) is 27.7 Å². The number of nitrogens with zero attached hydrogens (tertiary/aromatic N) is 5. The van der Waals surface area contributed by atoms with Crippen LogP contribution < -0.4 is 10.9 Å². The molecule has 0 unspecified atom stereocenters. The molecule has 0 spiro atoms. The van der Waals surface area contributed by atoms with Crippen molar-refractivity contribution in [2.45, 2.75) is 6.54 Å². The van der Waals surface area contributed by atoms with Crippen molar-refractivity contribution in [1.82, 2.24) is 35.3 Å². The van der Waals surface area contributed by atoms with Gasteiger partial charge in [-0.15, -0.1) is 10.2 Å². The van der Waals surface area contributed by atoms with Crippen LogP contribution in [-0.2, 0) is 6.54 Å². The molecule has 0 saturated carbocycles. The Bertz CT molecular complexity index is 1410. The second-order valence-electron chi connectivity index (χ2n) is 6.25. The second kappa shape index (κ2) is 6.91. The van der Waals surface area contributed by atoms with Crippen molar-refractivity contribution >= 4 is 33.7 Å². The summed E-state index contributed by atoms with van der Waals surface area (Å²) in [6, 6.07) is 12.5. The molecule has 0 aliphatic carbocycles. The van der Waals surface area contributed by atoms with Gasteiger partial charge >= 0.3 is 0 Å². The van der Waals surface area contributed by atoms with E-state index in [1.807, 2.05) is 29.0 Å². The lowest BCUT2D eigenvalue weighted by molar-refractivity contribution is 0.0945. The third-order valence-corrected chi connectivity index (χ3v) is 5.15. The largest absolute Gasteiger partial charge is 0.343 e. The van der Waals surface area contributed by atoms with Gasteiger partial charge in [0.05, 0.1) is 17.6 Å². The van der Waals surface area contributed by atoms with E-state index in [4.69, 9.17) is 0 Å². The van der Waals surface area contributed by atoms with Gasteiger partial charge in [-0.25, -0.2) is 5.10 Å². The maximum atomic E-state index is 12.7. The SMILES string of the molecule is O=C(NCc1nnc2ccc(-c3ccsc3)nn12)c1n[nH]c(=O)c2ccccc12. The molecule has 2 N–H and O–H groups in total. The number of rotatable bonds is 4. The molecule has 5 rings (SSSR count). The first-order chi connectivity index (χ1) is 14.2. The summed E-state index contributed by atoms with van der Waals surface area (Å²) >= 11 is 1.59. The highest BCUT2D eigenvalue weighted by atomic mass is 32.1. The Morgan fingerprint density at radius 1 is 1.10 bits per heavy atom. The van der Waals surface area contributed by atoms with Crippen molar-refractivity contribution in [3.05, 3.63) is 75.1 Å². The highest BCUT2D eigenvalue weighted by Gasteiger charge is 2.15. The summed E-state index contributed by atoms with van der Waals surface area (Å²) < 4.78 is 1.60. The quantitative estimate of drug-likeness (QED) is 0.474. The number of nitrogens with one attached hydrogen (secondary N) is 2. The minimum Gasteiger partial charge on any atom is -0.343 e. The molecule has 0 aliphatic rings. The number of fused-ring (bicyclic) bond motifs is 2. The van der Waals surface area contributed by atoms with E-state index in [2.05, 4.69) is 30.8 Å². The van der Waals surface area contributed by atoms with Crippen LogP contribution in [0.3, 0.4) is 0 Å². The minimum atomic E-state index is -0.428. The summed E-state index contributed by atoms with van der Waals surface area (Å²) in [5.74, 6) is 0.0577. The molecule has 9 nitrogen and oxygen atoms in total. The maximum Gasteiger partial charge on any atom is 0.272 e. The van der Waals surface area contributed by atoms with Gasteiger partial charge in [0.2, 0.25) is 0 Å². The van der Waals surface area contributed by atoms with Crippen LogP contribution in [0.2, 0.25) is 0 Å². The van der Waals surface area contributed by atoms with Gasteiger partial charge in [0, 0.05) is 16.3 Å². The van der Waals surface area contributed by atoms with Gasteiger partial charge < -0.3 is 5.32 Å². The smallest absolute Gasteiger partial charge is 0.272 e. The molecule has 10 heteroatoms. The summed E-state index contributed by atoms with van der Waals surface area (Å²) in [4.78, 5) is 24.6. The van der Waals surface area contributed by atoms with E-state index in [1.165, 1.54) is 0 Å². The number of carbonyl (C=O) groups is 1. The first kappa shape index (κ1) is 17.2. The number of amides is 1. The van der Waals surface area contributed by atoms with Gasteiger partial charge in [-0.3, -0.25) is 9.59 Å². The molecular formula is C19H13N7O2S. The summed E-state index contributed by atoms with van der Waals surface area (Å²) in [5, 5.41) is 26.7. The summed E-state index contributed by atoms with van der Waals surface area (Å²) in [7, 11) is 0. The highest BCUT2D eigenvalue weighted by Crippen LogP contribution is 2.20. The van der Waals surface area contributed by atoms with Gasteiger partial charge in [-0.1, -0.05) is 18.2 Å². The van der Waals surface area contributed by atoms with Crippen molar-refractivity contribution in [1.29, 1.82) is 0 Å². The Kier molecular flexibility index (Phi) is 4.10. The van der Waals surface area contributed by atoms with Crippen LogP contribution in [0, 0.1) is 0 Å².